The fourth-order valence-electron chi connectivity index (χ4n) is 3.12. The highest BCUT2D eigenvalue weighted by Crippen LogP contribution is 2.17. The minimum Gasteiger partial charge on any atom is -0.388 e. The Bertz CT molecular complexity index is 518. The summed E-state index contributed by atoms with van der Waals surface area (Å²) in [7, 11) is 4.31. The molecule has 22 heavy (non-hydrogen) atoms. The van der Waals surface area contributed by atoms with Gasteiger partial charge in [0.25, 0.3) is 0 Å². The van der Waals surface area contributed by atoms with E-state index in [1.54, 1.807) is 0 Å². The summed E-state index contributed by atoms with van der Waals surface area (Å²) in [6.07, 6.45) is 3.51. The van der Waals surface area contributed by atoms with E-state index in [0.29, 0.717) is 17.3 Å². The minimum absolute atomic E-state index is 0.0602. The first-order valence-corrected chi connectivity index (χ1v) is 8.60. The minimum atomic E-state index is -0.0602. The van der Waals surface area contributed by atoms with E-state index in [1.807, 2.05) is 9.25 Å². The Balaban J connectivity index is 1.96. The quantitative estimate of drug-likeness (QED) is 0.770. The lowest BCUT2D eigenvalue weighted by Gasteiger charge is -2.31. The molecule has 1 aromatic rings. The molecule has 2 rings (SSSR count). The lowest BCUT2D eigenvalue weighted by Crippen LogP contribution is -2.36. The van der Waals surface area contributed by atoms with Gasteiger partial charge in [-0.25, -0.2) is 4.68 Å². The number of aliphatic hydroxyl groups excluding tert-OH is 1. The van der Waals surface area contributed by atoms with Gasteiger partial charge in [0.2, 0.25) is 0 Å². The van der Waals surface area contributed by atoms with Crippen molar-refractivity contribution in [3.05, 3.63) is 10.6 Å². The number of aliphatic hydroxyl groups is 1. The van der Waals surface area contributed by atoms with Crippen molar-refractivity contribution >= 4 is 12.2 Å². The Morgan fingerprint density at radius 3 is 2.64 bits per heavy atom. The van der Waals surface area contributed by atoms with E-state index >= 15 is 0 Å². The smallest absolute Gasteiger partial charge is 0.199 e. The number of hydrogen-bond acceptors (Lipinski definition) is 5. The van der Waals surface area contributed by atoms with Crippen LogP contribution in [0.5, 0.6) is 0 Å². The predicted molar refractivity (Wildman–Crippen MR) is 90.1 cm³/mol. The van der Waals surface area contributed by atoms with Crippen LogP contribution >= 0.6 is 12.2 Å². The van der Waals surface area contributed by atoms with Gasteiger partial charge in [-0.05, 0) is 64.6 Å². The van der Waals surface area contributed by atoms with Crippen molar-refractivity contribution in [2.24, 2.45) is 5.92 Å². The van der Waals surface area contributed by atoms with Crippen LogP contribution in [0.3, 0.4) is 0 Å². The Morgan fingerprint density at radius 2 is 2.05 bits per heavy atom. The Hall–Kier alpha value is -0.760. The number of aromatic nitrogens is 3. The van der Waals surface area contributed by atoms with E-state index in [9.17, 15) is 5.11 Å². The molecule has 0 radical (unpaired) electrons. The van der Waals surface area contributed by atoms with E-state index in [4.69, 9.17) is 12.2 Å². The molecule has 0 unspecified atom stereocenters. The fraction of sp³-hybridized carbons (Fsp3) is 0.867. The molecule has 1 saturated heterocycles. The molecule has 1 fully saturated rings. The maximum Gasteiger partial charge on any atom is 0.199 e. The molecule has 6 nitrogen and oxygen atoms in total. The first-order valence-electron chi connectivity index (χ1n) is 8.19. The fourth-order valence-corrected chi connectivity index (χ4v) is 3.41. The summed E-state index contributed by atoms with van der Waals surface area (Å²) < 4.78 is 4.49. The van der Waals surface area contributed by atoms with Crippen LogP contribution < -0.4 is 0 Å². The molecular formula is C15H29N5OS. The summed E-state index contributed by atoms with van der Waals surface area (Å²) in [6.45, 7) is 7.00. The number of hydrogen-bond donors (Lipinski definition) is 1. The normalized spacial score (nSPS) is 17.5. The zero-order chi connectivity index (χ0) is 16.1. The summed E-state index contributed by atoms with van der Waals surface area (Å²) in [5.41, 5.74) is 0. The topological polar surface area (TPSA) is 49.5 Å². The molecule has 0 spiro atoms. The maximum absolute atomic E-state index is 9.44. The second kappa shape index (κ2) is 8.19. The number of nitrogens with zero attached hydrogens (tertiary/aromatic N) is 5. The van der Waals surface area contributed by atoms with Crippen LogP contribution in [-0.2, 0) is 19.8 Å². The van der Waals surface area contributed by atoms with Crippen molar-refractivity contribution in [3.8, 4) is 0 Å². The average Bonchev–Trinajstić information content (AvgIpc) is 2.79. The number of rotatable bonds is 7. The summed E-state index contributed by atoms with van der Waals surface area (Å²) in [5, 5.41) is 13.9. The summed E-state index contributed by atoms with van der Waals surface area (Å²) in [5.74, 6) is 1.42. The van der Waals surface area contributed by atoms with Crippen LogP contribution in [0.25, 0.3) is 0 Å². The predicted octanol–water partition coefficient (Wildman–Crippen LogP) is 1.55. The van der Waals surface area contributed by atoms with E-state index in [1.165, 1.54) is 25.9 Å². The van der Waals surface area contributed by atoms with Crippen LogP contribution in [0, 0.1) is 10.7 Å². The van der Waals surface area contributed by atoms with Gasteiger partial charge in [0.15, 0.2) is 10.6 Å². The third kappa shape index (κ3) is 4.38. The average molecular weight is 327 g/mol. The molecule has 1 N–H and O–H groups in total. The lowest BCUT2D eigenvalue weighted by molar-refractivity contribution is 0.153. The van der Waals surface area contributed by atoms with Gasteiger partial charge in [-0.1, -0.05) is 6.92 Å². The molecule has 0 atom stereocenters. The van der Waals surface area contributed by atoms with Gasteiger partial charge < -0.3 is 14.6 Å². The molecule has 0 bridgehead atoms. The van der Waals surface area contributed by atoms with Gasteiger partial charge in [0.05, 0.1) is 6.67 Å². The SMILES string of the molecule is CCCn1c(CO)nn(CN(C)CC2CCN(C)CC2)c1=S. The number of piperidine rings is 1. The highest BCUT2D eigenvalue weighted by molar-refractivity contribution is 7.71. The summed E-state index contributed by atoms with van der Waals surface area (Å²) in [4.78, 5) is 4.68. The number of likely N-dealkylation sites (tertiary alicyclic amines) is 1. The van der Waals surface area contributed by atoms with Crippen molar-refractivity contribution in [2.45, 2.75) is 46.0 Å². The van der Waals surface area contributed by atoms with Gasteiger partial charge in [-0.2, -0.15) is 5.10 Å². The molecule has 2 heterocycles. The van der Waals surface area contributed by atoms with Crippen molar-refractivity contribution in [2.75, 3.05) is 33.7 Å². The maximum atomic E-state index is 9.44. The first kappa shape index (κ1) is 17.6. The molecule has 7 heteroatoms. The van der Waals surface area contributed by atoms with Crippen molar-refractivity contribution in [1.82, 2.24) is 24.1 Å². The molecule has 126 valence electrons. The molecule has 1 aromatic heterocycles. The van der Waals surface area contributed by atoms with Gasteiger partial charge in [0, 0.05) is 13.1 Å². The van der Waals surface area contributed by atoms with Crippen LogP contribution in [0.4, 0.5) is 0 Å². The lowest BCUT2D eigenvalue weighted by atomic mass is 9.97. The Morgan fingerprint density at radius 1 is 1.36 bits per heavy atom. The van der Waals surface area contributed by atoms with Gasteiger partial charge >= 0.3 is 0 Å². The van der Waals surface area contributed by atoms with Crippen LogP contribution in [0.2, 0.25) is 0 Å². The molecule has 0 aliphatic carbocycles. The van der Waals surface area contributed by atoms with Crippen LogP contribution in [0.1, 0.15) is 32.0 Å². The Labute approximate surface area is 138 Å². The molecule has 0 saturated carbocycles. The van der Waals surface area contributed by atoms with Gasteiger partial charge in [0.1, 0.15) is 6.61 Å². The molecule has 1 aliphatic rings. The van der Waals surface area contributed by atoms with Crippen molar-refractivity contribution in [3.63, 3.8) is 0 Å². The van der Waals surface area contributed by atoms with Crippen molar-refractivity contribution < 1.29 is 5.11 Å². The molecule has 1 aliphatic heterocycles. The molecule has 0 aromatic carbocycles. The zero-order valence-electron chi connectivity index (χ0n) is 14.0. The van der Waals surface area contributed by atoms with Gasteiger partial charge in [-0.15, -0.1) is 0 Å². The second-order valence-corrected chi connectivity index (χ2v) is 6.80. The van der Waals surface area contributed by atoms with Crippen LogP contribution in [0.15, 0.2) is 0 Å². The van der Waals surface area contributed by atoms with E-state index in [0.717, 1.165) is 25.4 Å². The molecular weight excluding hydrogens is 298 g/mol. The second-order valence-electron chi connectivity index (χ2n) is 6.43. The zero-order valence-corrected chi connectivity index (χ0v) is 14.8. The van der Waals surface area contributed by atoms with Crippen LogP contribution in [-0.4, -0.2) is 63.0 Å². The first-order chi connectivity index (χ1) is 10.5. The molecule has 0 amide bonds. The highest BCUT2D eigenvalue weighted by Gasteiger charge is 2.19. The third-order valence-corrected chi connectivity index (χ3v) is 4.80. The van der Waals surface area contributed by atoms with E-state index in [2.05, 4.69) is 35.9 Å². The standard InChI is InChI=1S/C15H29N5OS/c1-4-7-19-14(11-21)16-20(15(19)22)12-18(3)10-13-5-8-17(2)9-6-13/h13,21H,4-12H2,1-3H3. The summed E-state index contributed by atoms with van der Waals surface area (Å²) in [6, 6.07) is 0. The third-order valence-electron chi connectivity index (χ3n) is 4.37. The Kier molecular flexibility index (Phi) is 6.55. The monoisotopic (exact) mass is 327 g/mol. The van der Waals surface area contributed by atoms with E-state index in [-0.39, 0.29) is 6.61 Å². The van der Waals surface area contributed by atoms with Gasteiger partial charge in [-0.3, -0.25) is 4.90 Å². The largest absolute Gasteiger partial charge is 0.388 e. The van der Waals surface area contributed by atoms with Crippen molar-refractivity contribution in [1.29, 1.82) is 0 Å². The van der Waals surface area contributed by atoms with E-state index < -0.39 is 0 Å². The highest BCUT2D eigenvalue weighted by atomic mass is 32.1. The summed E-state index contributed by atoms with van der Waals surface area (Å²) >= 11 is 5.50.